The van der Waals surface area contributed by atoms with Crippen molar-refractivity contribution in [3.8, 4) is 0 Å². The van der Waals surface area contributed by atoms with Crippen LogP contribution < -0.4 is 10.0 Å². The average molecular weight is 525 g/mol. The van der Waals surface area contributed by atoms with Crippen LogP contribution in [0.1, 0.15) is 48.3 Å². The SMILES string of the molecule is O=C(O)CCC(=O)Nc1ccc(C2OC(CSc3cccc[n+]3[O-])CC(c3ccc(CO)cc3)O2)cc1. The Morgan fingerprint density at radius 3 is 2.41 bits per heavy atom. The summed E-state index contributed by atoms with van der Waals surface area (Å²) in [6, 6.07) is 19.9. The number of aliphatic hydroxyl groups is 1. The predicted octanol–water partition coefficient (Wildman–Crippen LogP) is 3.95. The summed E-state index contributed by atoms with van der Waals surface area (Å²) in [6.07, 6.45) is 0.573. The van der Waals surface area contributed by atoms with E-state index in [4.69, 9.17) is 14.6 Å². The summed E-state index contributed by atoms with van der Waals surface area (Å²) < 4.78 is 13.4. The minimum atomic E-state index is -1.03. The lowest BCUT2D eigenvalue weighted by atomic mass is 10.0. The molecular weight excluding hydrogens is 496 g/mol. The van der Waals surface area contributed by atoms with Gasteiger partial charge in [-0.1, -0.05) is 48.2 Å². The Morgan fingerprint density at radius 2 is 1.73 bits per heavy atom. The predicted molar refractivity (Wildman–Crippen MR) is 136 cm³/mol. The molecule has 3 aromatic rings. The molecule has 1 amide bonds. The van der Waals surface area contributed by atoms with Gasteiger partial charge in [-0.05, 0) is 29.3 Å². The number of nitrogens with one attached hydrogen (secondary N) is 1. The lowest BCUT2D eigenvalue weighted by molar-refractivity contribution is -0.645. The number of rotatable bonds is 10. The van der Waals surface area contributed by atoms with Crippen molar-refractivity contribution >= 4 is 29.3 Å². The zero-order valence-corrected chi connectivity index (χ0v) is 20.8. The van der Waals surface area contributed by atoms with Crippen LogP contribution in [-0.2, 0) is 25.7 Å². The number of amides is 1. The van der Waals surface area contributed by atoms with Gasteiger partial charge in [0, 0.05) is 42.0 Å². The molecule has 0 saturated carbocycles. The van der Waals surface area contributed by atoms with Gasteiger partial charge in [0.1, 0.15) is 0 Å². The van der Waals surface area contributed by atoms with Crippen LogP contribution in [0, 0.1) is 5.21 Å². The fraction of sp³-hybridized carbons (Fsp3) is 0.296. The van der Waals surface area contributed by atoms with E-state index in [1.165, 1.54) is 18.0 Å². The molecule has 3 unspecified atom stereocenters. The Balaban J connectivity index is 1.47. The van der Waals surface area contributed by atoms with E-state index < -0.39 is 12.3 Å². The lowest BCUT2D eigenvalue weighted by Crippen LogP contribution is -2.32. The van der Waals surface area contributed by atoms with Crippen molar-refractivity contribution in [2.45, 2.75) is 49.4 Å². The number of thioether (sulfide) groups is 1. The Hall–Kier alpha value is -3.44. The third kappa shape index (κ3) is 7.53. The molecule has 1 aliphatic rings. The van der Waals surface area contributed by atoms with Gasteiger partial charge in [0.2, 0.25) is 5.91 Å². The normalized spacial score (nSPS) is 19.3. The van der Waals surface area contributed by atoms with Crippen molar-refractivity contribution in [3.63, 3.8) is 0 Å². The molecule has 3 N–H and O–H groups in total. The van der Waals surface area contributed by atoms with Crippen LogP contribution in [0.4, 0.5) is 5.69 Å². The molecule has 3 atom stereocenters. The second-order valence-corrected chi connectivity index (χ2v) is 9.63. The molecule has 10 heteroatoms. The van der Waals surface area contributed by atoms with Gasteiger partial charge in [-0.2, -0.15) is 4.73 Å². The Morgan fingerprint density at radius 1 is 1.00 bits per heavy atom. The summed E-state index contributed by atoms with van der Waals surface area (Å²) in [6.45, 7) is -0.0394. The highest BCUT2D eigenvalue weighted by Crippen LogP contribution is 2.39. The van der Waals surface area contributed by atoms with Crippen molar-refractivity contribution in [3.05, 3.63) is 94.8 Å². The second kappa shape index (κ2) is 12.7. The molecule has 194 valence electrons. The minimum absolute atomic E-state index is 0.0394. The van der Waals surface area contributed by atoms with Crippen LogP contribution in [0.25, 0.3) is 0 Å². The van der Waals surface area contributed by atoms with Crippen molar-refractivity contribution in [2.75, 3.05) is 11.1 Å². The van der Waals surface area contributed by atoms with E-state index in [-0.39, 0.29) is 37.6 Å². The number of carboxylic acid groups (broad SMARTS) is 1. The maximum Gasteiger partial charge on any atom is 0.303 e. The van der Waals surface area contributed by atoms with Gasteiger partial charge in [-0.15, -0.1) is 0 Å². The maximum atomic E-state index is 12.1. The average Bonchev–Trinajstić information content (AvgIpc) is 2.92. The van der Waals surface area contributed by atoms with Crippen LogP contribution in [0.2, 0.25) is 0 Å². The molecule has 1 aromatic heterocycles. The number of nitrogens with zero attached hydrogens (tertiary/aromatic N) is 1. The summed E-state index contributed by atoms with van der Waals surface area (Å²) in [5, 5.41) is 33.4. The van der Waals surface area contributed by atoms with E-state index in [1.54, 1.807) is 36.4 Å². The molecule has 2 aromatic carbocycles. The van der Waals surface area contributed by atoms with Gasteiger partial charge < -0.3 is 30.2 Å². The molecular formula is C27H28N2O7S. The Kier molecular flexibility index (Phi) is 9.13. The first-order valence-electron chi connectivity index (χ1n) is 11.8. The molecule has 0 bridgehead atoms. The van der Waals surface area contributed by atoms with E-state index in [2.05, 4.69) is 5.32 Å². The van der Waals surface area contributed by atoms with Gasteiger partial charge in [-0.3, -0.25) is 9.59 Å². The molecule has 1 fully saturated rings. The van der Waals surface area contributed by atoms with E-state index in [9.17, 15) is 19.9 Å². The van der Waals surface area contributed by atoms with Crippen molar-refractivity contribution in [2.24, 2.45) is 0 Å². The largest absolute Gasteiger partial charge is 0.618 e. The zero-order valence-electron chi connectivity index (χ0n) is 20.0. The summed E-state index contributed by atoms with van der Waals surface area (Å²) in [5.74, 6) is -0.849. The fourth-order valence-electron chi connectivity index (χ4n) is 3.89. The molecule has 2 heterocycles. The van der Waals surface area contributed by atoms with Crippen molar-refractivity contribution < 1.29 is 34.0 Å². The monoisotopic (exact) mass is 524 g/mol. The van der Waals surface area contributed by atoms with Gasteiger partial charge >= 0.3 is 5.97 Å². The Bertz CT molecular complexity index is 1200. The molecule has 0 aliphatic carbocycles. The number of pyridine rings is 1. The highest BCUT2D eigenvalue weighted by Gasteiger charge is 2.32. The van der Waals surface area contributed by atoms with Crippen LogP contribution in [0.15, 0.2) is 78.0 Å². The van der Waals surface area contributed by atoms with Crippen LogP contribution in [-0.4, -0.2) is 33.9 Å². The highest BCUT2D eigenvalue weighted by atomic mass is 32.2. The van der Waals surface area contributed by atoms with Gasteiger partial charge in [0.15, 0.2) is 12.5 Å². The number of aromatic nitrogens is 1. The molecule has 1 saturated heterocycles. The topological polar surface area (TPSA) is 132 Å². The molecule has 4 rings (SSSR count). The van der Waals surface area contributed by atoms with E-state index >= 15 is 0 Å². The van der Waals surface area contributed by atoms with E-state index in [0.717, 1.165) is 21.4 Å². The zero-order chi connectivity index (χ0) is 26.2. The number of carbonyl (C=O) groups is 2. The number of hydrogen-bond acceptors (Lipinski definition) is 7. The third-order valence-corrected chi connectivity index (χ3v) is 7.00. The van der Waals surface area contributed by atoms with E-state index in [1.807, 2.05) is 30.3 Å². The number of aliphatic hydroxyl groups excluding tert-OH is 1. The number of hydrogen-bond donors (Lipinski definition) is 3. The molecule has 0 spiro atoms. The first-order valence-corrected chi connectivity index (χ1v) is 12.8. The minimum Gasteiger partial charge on any atom is -0.618 e. The van der Waals surface area contributed by atoms with Crippen molar-refractivity contribution in [1.29, 1.82) is 0 Å². The van der Waals surface area contributed by atoms with E-state index in [0.29, 0.717) is 22.9 Å². The van der Waals surface area contributed by atoms with Gasteiger partial charge in [-0.25, -0.2) is 0 Å². The van der Waals surface area contributed by atoms with Crippen LogP contribution >= 0.6 is 11.8 Å². The summed E-state index contributed by atoms with van der Waals surface area (Å²) in [4.78, 5) is 22.6. The lowest BCUT2D eigenvalue weighted by Gasteiger charge is -2.36. The second-order valence-electron chi connectivity index (χ2n) is 8.59. The standard InChI is InChI=1S/C27H28N2O7S/c30-16-18-4-6-19(7-5-18)23-15-22(17-37-25-3-1-2-14-29(25)34)35-27(36-23)20-8-10-21(11-9-20)28-24(31)12-13-26(32)33/h1-11,14,22-23,27,30H,12-13,15-17H2,(H,28,31)(H,32,33). The van der Waals surface area contributed by atoms with Gasteiger partial charge in [0.25, 0.3) is 5.03 Å². The first kappa shape index (κ1) is 26.6. The summed E-state index contributed by atoms with van der Waals surface area (Å²) in [5.41, 5.74) is 3.07. The van der Waals surface area contributed by atoms with Crippen LogP contribution in [0.5, 0.6) is 0 Å². The third-order valence-electron chi connectivity index (χ3n) is 5.85. The highest BCUT2D eigenvalue weighted by molar-refractivity contribution is 7.99. The first-order chi connectivity index (χ1) is 17.9. The number of anilines is 1. The smallest absolute Gasteiger partial charge is 0.303 e. The summed E-state index contributed by atoms with van der Waals surface area (Å²) in [7, 11) is 0. The number of ether oxygens (including phenoxy) is 2. The molecule has 0 radical (unpaired) electrons. The fourth-order valence-corrected chi connectivity index (χ4v) is 4.83. The molecule has 37 heavy (non-hydrogen) atoms. The molecule has 1 aliphatic heterocycles. The number of benzene rings is 2. The summed E-state index contributed by atoms with van der Waals surface area (Å²) >= 11 is 1.42. The number of carboxylic acids is 1. The van der Waals surface area contributed by atoms with Crippen LogP contribution in [0.3, 0.4) is 0 Å². The van der Waals surface area contributed by atoms with Crippen molar-refractivity contribution in [1.82, 2.24) is 0 Å². The quantitative estimate of drug-likeness (QED) is 0.206. The maximum absolute atomic E-state index is 12.1. The Labute approximate surface area is 218 Å². The molecule has 9 nitrogen and oxygen atoms in total. The number of carbonyl (C=O) groups excluding carboxylic acids is 1. The van der Waals surface area contributed by atoms with Gasteiger partial charge in [0.05, 0.1) is 25.2 Å². The number of aliphatic carboxylic acids is 1.